The van der Waals surface area contributed by atoms with Crippen LogP contribution in [0, 0.1) is 0 Å². The van der Waals surface area contributed by atoms with Gasteiger partial charge in [0.1, 0.15) is 18.0 Å². The number of amides is 1. The summed E-state index contributed by atoms with van der Waals surface area (Å²) in [6.45, 7) is -0.331. The van der Waals surface area contributed by atoms with Crippen LogP contribution in [0.5, 0.6) is 11.5 Å². The van der Waals surface area contributed by atoms with E-state index in [-0.39, 0.29) is 18.9 Å². The summed E-state index contributed by atoms with van der Waals surface area (Å²) >= 11 is 1.41. The first-order chi connectivity index (χ1) is 12.9. The maximum atomic E-state index is 12.2. The summed E-state index contributed by atoms with van der Waals surface area (Å²) in [6.07, 6.45) is 1.93. The van der Waals surface area contributed by atoms with Crippen molar-refractivity contribution in [2.75, 3.05) is 27.8 Å². The number of carboxylic acid groups (broad SMARTS) is 1. The van der Waals surface area contributed by atoms with E-state index in [0.29, 0.717) is 17.2 Å². The third-order valence-corrected chi connectivity index (χ3v) is 4.99. The molecule has 2 aromatic heterocycles. The van der Waals surface area contributed by atoms with Gasteiger partial charge in [-0.05, 0) is 18.2 Å². The van der Waals surface area contributed by atoms with Gasteiger partial charge in [0.05, 0.1) is 26.3 Å². The smallest absolute Gasteiger partial charge is 0.323 e. The molecule has 1 N–H and O–H groups in total. The number of ether oxygens (including phenoxy) is 2. The van der Waals surface area contributed by atoms with Gasteiger partial charge in [0, 0.05) is 29.9 Å². The normalized spacial score (nSPS) is 10.8. The molecule has 0 fully saturated rings. The van der Waals surface area contributed by atoms with E-state index in [9.17, 15) is 9.59 Å². The summed E-state index contributed by atoms with van der Waals surface area (Å²) < 4.78 is 12.5. The second-order valence-corrected chi connectivity index (χ2v) is 6.73. The van der Waals surface area contributed by atoms with Crippen molar-refractivity contribution in [3.8, 4) is 22.8 Å². The zero-order valence-electron chi connectivity index (χ0n) is 15.1. The molecule has 0 aliphatic rings. The number of methoxy groups -OCH3 is 2. The zero-order valence-corrected chi connectivity index (χ0v) is 15.9. The predicted octanol–water partition coefficient (Wildman–Crippen LogP) is 2.17. The van der Waals surface area contributed by atoms with Crippen molar-refractivity contribution in [3.05, 3.63) is 35.5 Å². The fourth-order valence-electron chi connectivity index (χ4n) is 2.68. The first-order valence-corrected chi connectivity index (χ1v) is 8.94. The Balaban J connectivity index is 1.92. The second kappa shape index (κ2) is 7.67. The molecule has 8 nitrogen and oxygen atoms in total. The molecule has 0 unspecified atom stereocenters. The van der Waals surface area contributed by atoms with Crippen LogP contribution in [0.3, 0.4) is 0 Å². The van der Waals surface area contributed by atoms with E-state index in [4.69, 9.17) is 14.6 Å². The minimum absolute atomic E-state index is 0.0921. The van der Waals surface area contributed by atoms with E-state index in [1.807, 2.05) is 34.2 Å². The van der Waals surface area contributed by atoms with E-state index in [2.05, 4.69) is 4.98 Å². The minimum Gasteiger partial charge on any atom is -0.497 e. The van der Waals surface area contributed by atoms with Gasteiger partial charge >= 0.3 is 5.97 Å². The average molecular weight is 389 g/mol. The number of imidazole rings is 1. The van der Waals surface area contributed by atoms with Crippen molar-refractivity contribution in [1.82, 2.24) is 14.3 Å². The molecule has 1 aromatic carbocycles. The first-order valence-electron chi connectivity index (χ1n) is 8.06. The molecule has 142 valence electrons. The molecule has 1 amide bonds. The fraction of sp³-hybridized carbons (Fsp3) is 0.278. The number of benzene rings is 1. The Morgan fingerprint density at radius 3 is 2.74 bits per heavy atom. The molecule has 27 heavy (non-hydrogen) atoms. The third kappa shape index (κ3) is 3.87. The van der Waals surface area contributed by atoms with Crippen LogP contribution in [-0.4, -0.2) is 59.1 Å². The number of carbonyl (C=O) groups is 2. The lowest BCUT2D eigenvalue weighted by molar-refractivity contribution is -0.143. The van der Waals surface area contributed by atoms with Crippen molar-refractivity contribution >= 4 is 28.2 Å². The van der Waals surface area contributed by atoms with E-state index < -0.39 is 5.97 Å². The van der Waals surface area contributed by atoms with Crippen LogP contribution >= 0.6 is 11.3 Å². The number of thiazole rings is 1. The van der Waals surface area contributed by atoms with Crippen LogP contribution in [0.4, 0.5) is 0 Å². The molecule has 3 aromatic rings. The predicted molar refractivity (Wildman–Crippen MR) is 101 cm³/mol. The maximum absolute atomic E-state index is 12.2. The summed E-state index contributed by atoms with van der Waals surface area (Å²) in [4.78, 5) is 29.6. The van der Waals surface area contributed by atoms with Crippen LogP contribution in [0.15, 0.2) is 29.8 Å². The molecular formula is C18H19N3O5S. The Morgan fingerprint density at radius 1 is 1.30 bits per heavy atom. The van der Waals surface area contributed by atoms with Crippen LogP contribution < -0.4 is 9.47 Å². The molecule has 2 heterocycles. The highest BCUT2D eigenvalue weighted by atomic mass is 32.1. The van der Waals surface area contributed by atoms with Crippen molar-refractivity contribution in [2.24, 2.45) is 0 Å². The van der Waals surface area contributed by atoms with E-state index in [1.54, 1.807) is 14.2 Å². The SMILES string of the molecule is COc1ccc(OC)c(-c2cn3c(CC(=O)N(C)CC(=O)O)csc3n2)c1. The summed E-state index contributed by atoms with van der Waals surface area (Å²) in [5.74, 6) is 0.0379. The number of nitrogens with zero attached hydrogens (tertiary/aromatic N) is 3. The third-order valence-electron chi connectivity index (χ3n) is 4.10. The van der Waals surface area contributed by atoms with Gasteiger partial charge in [0.15, 0.2) is 4.96 Å². The number of rotatable bonds is 7. The van der Waals surface area contributed by atoms with Gasteiger partial charge < -0.3 is 19.5 Å². The summed E-state index contributed by atoms with van der Waals surface area (Å²) in [7, 11) is 4.65. The number of likely N-dealkylation sites (N-methyl/N-ethyl adjacent to an activating group) is 1. The van der Waals surface area contributed by atoms with Crippen molar-refractivity contribution in [1.29, 1.82) is 0 Å². The first kappa shape index (κ1) is 18.7. The van der Waals surface area contributed by atoms with E-state index >= 15 is 0 Å². The van der Waals surface area contributed by atoms with Crippen LogP contribution in [0.25, 0.3) is 16.2 Å². The van der Waals surface area contributed by atoms with Gasteiger partial charge in [-0.2, -0.15) is 0 Å². The lowest BCUT2D eigenvalue weighted by atomic mass is 10.1. The lowest BCUT2D eigenvalue weighted by Gasteiger charge is -2.13. The number of aliphatic carboxylic acids is 1. The molecular weight excluding hydrogens is 370 g/mol. The maximum Gasteiger partial charge on any atom is 0.323 e. The number of carboxylic acids is 1. The largest absolute Gasteiger partial charge is 0.497 e. The molecule has 3 rings (SSSR count). The Hall–Kier alpha value is -3.07. The second-order valence-electron chi connectivity index (χ2n) is 5.89. The quantitative estimate of drug-likeness (QED) is 0.666. The molecule has 0 radical (unpaired) electrons. The minimum atomic E-state index is -1.05. The van der Waals surface area contributed by atoms with Crippen LogP contribution in [0.1, 0.15) is 5.69 Å². The van der Waals surface area contributed by atoms with E-state index in [1.165, 1.54) is 23.3 Å². The van der Waals surface area contributed by atoms with Crippen LogP contribution in [-0.2, 0) is 16.0 Å². The Labute approximate surface area is 159 Å². The summed E-state index contributed by atoms with van der Waals surface area (Å²) in [6, 6.07) is 5.47. The monoisotopic (exact) mass is 389 g/mol. The molecule has 0 saturated heterocycles. The van der Waals surface area contributed by atoms with E-state index in [0.717, 1.165) is 16.2 Å². The van der Waals surface area contributed by atoms with Gasteiger partial charge in [-0.3, -0.25) is 14.0 Å². The number of carbonyl (C=O) groups excluding carboxylic acids is 1. The Kier molecular flexibility index (Phi) is 5.31. The topological polar surface area (TPSA) is 93.4 Å². The molecule has 0 atom stereocenters. The van der Waals surface area contributed by atoms with Gasteiger partial charge in [-0.25, -0.2) is 4.98 Å². The summed E-state index contributed by atoms with van der Waals surface area (Å²) in [5.41, 5.74) is 2.23. The van der Waals surface area contributed by atoms with Gasteiger partial charge in [-0.1, -0.05) is 0 Å². The standard InChI is InChI=1S/C18H19N3O5S/c1-20(9-17(23)24)16(22)6-11-10-27-18-19-14(8-21(11)18)13-7-12(25-2)4-5-15(13)26-3/h4-5,7-8,10H,6,9H2,1-3H3,(H,23,24). The molecule has 0 bridgehead atoms. The van der Waals surface area contributed by atoms with Crippen molar-refractivity contribution < 1.29 is 24.2 Å². The molecule has 0 aliphatic heterocycles. The van der Waals surface area contributed by atoms with Crippen molar-refractivity contribution in [2.45, 2.75) is 6.42 Å². The number of aromatic nitrogens is 2. The fourth-order valence-corrected chi connectivity index (χ4v) is 3.55. The highest BCUT2D eigenvalue weighted by Crippen LogP contribution is 2.34. The Morgan fingerprint density at radius 2 is 2.07 bits per heavy atom. The molecule has 0 saturated carbocycles. The zero-order chi connectivity index (χ0) is 19.6. The number of hydrogen-bond donors (Lipinski definition) is 1. The van der Waals surface area contributed by atoms with Gasteiger partial charge in [-0.15, -0.1) is 11.3 Å². The molecule has 0 aliphatic carbocycles. The number of hydrogen-bond acceptors (Lipinski definition) is 6. The highest BCUT2D eigenvalue weighted by Gasteiger charge is 2.18. The van der Waals surface area contributed by atoms with Gasteiger partial charge in [0.25, 0.3) is 0 Å². The van der Waals surface area contributed by atoms with Crippen LogP contribution in [0.2, 0.25) is 0 Å². The lowest BCUT2D eigenvalue weighted by Crippen LogP contribution is -2.33. The van der Waals surface area contributed by atoms with Crippen molar-refractivity contribution in [3.63, 3.8) is 0 Å². The molecule has 0 spiro atoms. The average Bonchev–Trinajstić information content (AvgIpc) is 3.22. The van der Waals surface area contributed by atoms with Gasteiger partial charge in [0.2, 0.25) is 5.91 Å². The highest BCUT2D eigenvalue weighted by molar-refractivity contribution is 7.15. The Bertz CT molecular complexity index is 994. The summed E-state index contributed by atoms with van der Waals surface area (Å²) in [5, 5.41) is 10.7. The number of fused-ring (bicyclic) bond motifs is 1. The molecule has 9 heteroatoms.